The number of hydrogen-bond acceptors (Lipinski definition) is 6. The van der Waals surface area contributed by atoms with Crippen molar-refractivity contribution in [2.75, 3.05) is 40.4 Å². The van der Waals surface area contributed by atoms with Crippen LogP contribution >= 0.6 is 0 Å². The minimum atomic E-state index is -0.704. The van der Waals surface area contributed by atoms with Gasteiger partial charge in [-0.3, -0.25) is 9.59 Å². The van der Waals surface area contributed by atoms with Gasteiger partial charge in [-0.2, -0.15) is 0 Å². The number of rotatable bonds is 9. The van der Waals surface area contributed by atoms with E-state index in [1.807, 2.05) is 31.2 Å². The first-order chi connectivity index (χ1) is 15.9. The van der Waals surface area contributed by atoms with Crippen molar-refractivity contribution in [2.45, 2.75) is 26.8 Å². The highest BCUT2D eigenvalue weighted by Crippen LogP contribution is 2.42. The fourth-order valence-electron chi connectivity index (χ4n) is 4.26. The Hall–Kier alpha value is -3.32. The SMILES string of the molecule is CCN(CC)CCN1C(=O)C(=O)/C(=C(/O)c2cc(OC)ccc2OC)C1c1ccccc1C. The molecule has 0 radical (unpaired) electrons. The molecule has 1 unspecified atom stereocenters. The Labute approximate surface area is 195 Å². The van der Waals surface area contributed by atoms with Crippen molar-refractivity contribution in [3.05, 3.63) is 64.7 Å². The molecule has 1 saturated heterocycles. The Morgan fingerprint density at radius 1 is 1.06 bits per heavy atom. The number of ketones is 1. The fraction of sp³-hybridized carbons (Fsp3) is 0.385. The van der Waals surface area contributed by atoms with Crippen LogP contribution in [0.5, 0.6) is 11.5 Å². The zero-order chi connectivity index (χ0) is 24.1. The number of Topliss-reactive ketones (excluding diaryl/α,β-unsaturated/α-hetero) is 1. The monoisotopic (exact) mass is 452 g/mol. The number of benzene rings is 2. The highest BCUT2D eigenvalue weighted by molar-refractivity contribution is 6.46. The summed E-state index contributed by atoms with van der Waals surface area (Å²) in [4.78, 5) is 30.2. The molecule has 0 saturated carbocycles. The average Bonchev–Trinajstić information content (AvgIpc) is 3.08. The Bertz CT molecular complexity index is 1060. The molecule has 1 amide bonds. The third-order valence-corrected chi connectivity index (χ3v) is 6.24. The minimum Gasteiger partial charge on any atom is -0.507 e. The van der Waals surface area contributed by atoms with E-state index in [9.17, 15) is 14.7 Å². The molecule has 0 aliphatic carbocycles. The molecule has 2 aromatic rings. The molecule has 176 valence electrons. The van der Waals surface area contributed by atoms with Crippen LogP contribution in [0.25, 0.3) is 5.76 Å². The summed E-state index contributed by atoms with van der Waals surface area (Å²) in [5, 5.41) is 11.4. The molecule has 0 aromatic heterocycles. The number of aliphatic hydroxyl groups is 1. The van der Waals surface area contributed by atoms with E-state index < -0.39 is 17.7 Å². The molecule has 2 aromatic carbocycles. The Kier molecular flexibility index (Phi) is 7.76. The predicted molar refractivity (Wildman–Crippen MR) is 128 cm³/mol. The molecule has 1 N–H and O–H groups in total. The van der Waals surface area contributed by atoms with E-state index in [-0.39, 0.29) is 11.3 Å². The number of carbonyl (C=O) groups is 2. The average molecular weight is 453 g/mol. The van der Waals surface area contributed by atoms with E-state index >= 15 is 0 Å². The van der Waals surface area contributed by atoms with Crippen LogP contribution in [0, 0.1) is 6.92 Å². The molecule has 7 nitrogen and oxygen atoms in total. The first-order valence-electron chi connectivity index (χ1n) is 11.2. The van der Waals surface area contributed by atoms with Crippen molar-refractivity contribution in [3.63, 3.8) is 0 Å². The lowest BCUT2D eigenvalue weighted by atomic mass is 9.92. The van der Waals surface area contributed by atoms with Crippen LogP contribution in [0.4, 0.5) is 0 Å². The summed E-state index contributed by atoms with van der Waals surface area (Å²) >= 11 is 0. The van der Waals surface area contributed by atoms with Gasteiger partial charge in [0.25, 0.3) is 11.7 Å². The first-order valence-corrected chi connectivity index (χ1v) is 11.2. The summed E-state index contributed by atoms with van der Waals surface area (Å²) in [6.45, 7) is 8.75. The van der Waals surface area contributed by atoms with Crippen molar-refractivity contribution in [1.82, 2.24) is 9.80 Å². The topological polar surface area (TPSA) is 79.3 Å². The molecule has 7 heteroatoms. The second-order valence-electron chi connectivity index (χ2n) is 7.94. The molecule has 1 heterocycles. The third kappa shape index (κ3) is 4.73. The second-order valence-corrected chi connectivity index (χ2v) is 7.94. The van der Waals surface area contributed by atoms with Gasteiger partial charge in [0.2, 0.25) is 0 Å². The zero-order valence-corrected chi connectivity index (χ0v) is 19.9. The molecule has 33 heavy (non-hydrogen) atoms. The molecule has 0 bridgehead atoms. The van der Waals surface area contributed by atoms with Gasteiger partial charge < -0.3 is 24.4 Å². The van der Waals surface area contributed by atoms with Crippen molar-refractivity contribution < 1.29 is 24.2 Å². The number of hydrogen-bond donors (Lipinski definition) is 1. The van der Waals surface area contributed by atoms with Gasteiger partial charge in [-0.05, 0) is 49.3 Å². The number of likely N-dealkylation sites (tertiary alicyclic amines) is 1. The lowest BCUT2D eigenvalue weighted by Gasteiger charge is -2.29. The molecule has 1 atom stereocenters. The molecular formula is C26H32N2O5. The van der Waals surface area contributed by atoms with E-state index in [4.69, 9.17) is 9.47 Å². The number of likely N-dealkylation sites (N-methyl/N-ethyl adjacent to an activating group) is 1. The number of methoxy groups -OCH3 is 2. The van der Waals surface area contributed by atoms with Crippen LogP contribution in [0.15, 0.2) is 48.0 Å². The van der Waals surface area contributed by atoms with Gasteiger partial charge in [0.1, 0.15) is 17.3 Å². The smallest absolute Gasteiger partial charge is 0.295 e. The molecule has 1 fully saturated rings. The van der Waals surface area contributed by atoms with Crippen LogP contribution in [0.3, 0.4) is 0 Å². The summed E-state index contributed by atoms with van der Waals surface area (Å²) in [5.74, 6) is -0.710. The van der Waals surface area contributed by atoms with Crippen LogP contribution < -0.4 is 9.47 Å². The molecule has 1 aliphatic rings. The Balaban J connectivity index is 2.19. The van der Waals surface area contributed by atoms with Crippen LogP contribution in [0.2, 0.25) is 0 Å². The number of carbonyl (C=O) groups excluding carboxylic acids is 2. The van der Waals surface area contributed by atoms with Crippen LogP contribution in [-0.4, -0.2) is 67.0 Å². The normalized spacial score (nSPS) is 17.6. The van der Waals surface area contributed by atoms with E-state index in [1.54, 1.807) is 23.1 Å². The molecular weight excluding hydrogens is 420 g/mol. The number of aryl methyl sites for hydroxylation is 1. The fourth-order valence-corrected chi connectivity index (χ4v) is 4.26. The maximum atomic E-state index is 13.3. The summed E-state index contributed by atoms with van der Waals surface area (Å²) in [7, 11) is 3.01. The van der Waals surface area contributed by atoms with E-state index in [2.05, 4.69) is 18.7 Å². The van der Waals surface area contributed by atoms with Crippen LogP contribution in [0.1, 0.15) is 36.6 Å². The number of nitrogens with zero attached hydrogens (tertiary/aromatic N) is 2. The van der Waals surface area contributed by atoms with Gasteiger partial charge in [-0.1, -0.05) is 38.1 Å². The molecule has 3 rings (SSSR count). The highest BCUT2D eigenvalue weighted by atomic mass is 16.5. The summed E-state index contributed by atoms with van der Waals surface area (Å²) in [6, 6.07) is 11.9. The Morgan fingerprint density at radius 3 is 2.36 bits per heavy atom. The maximum Gasteiger partial charge on any atom is 0.295 e. The molecule has 1 aliphatic heterocycles. The molecule has 0 spiro atoms. The number of ether oxygens (including phenoxy) is 2. The largest absolute Gasteiger partial charge is 0.507 e. The standard InChI is InChI=1S/C26H32N2O5/c1-6-27(7-2)14-15-28-23(19-11-9-8-10-17(19)3)22(25(30)26(28)31)24(29)20-16-18(32-4)12-13-21(20)33-5/h8-13,16,23,29H,6-7,14-15H2,1-5H3/b24-22+. The minimum absolute atomic E-state index is 0.0559. The summed E-state index contributed by atoms with van der Waals surface area (Å²) in [5.41, 5.74) is 2.10. The number of aliphatic hydroxyl groups excluding tert-OH is 1. The van der Waals surface area contributed by atoms with Crippen molar-refractivity contribution in [1.29, 1.82) is 0 Å². The van der Waals surface area contributed by atoms with Gasteiger partial charge in [0.05, 0.1) is 31.4 Å². The zero-order valence-electron chi connectivity index (χ0n) is 19.9. The lowest BCUT2D eigenvalue weighted by Crippen LogP contribution is -2.38. The first kappa shape index (κ1) is 24.3. The summed E-state index contributed by atoms with van der Waals surface area (Å²) < 4.78 is 10.7. The lowest BCUT2D eigenvalue weighted by molar-refractivity contribution is -0.140. The van der Waals surface area contributed by atoms with E-state index in [0.717, 1.165) is 24.2 Å². The second kappa shape index (κ2) is 10.5. The van der Waals surface area contributed by atoms with Crippen molar-refractivity contribution in [3.8, 4) is 11.5 Å². The third-order valence-electron chi connectivity index (χ3n) is 6.24. The van der Waals surface area contributed by atoms with Gasteiger partial charge in [-0.25, -0.2) is 0 Å². The van der Waals surface area contributed by atoms with E-state index in [0.29, 0.717) is 30.2 Å². The van der Waals surface area contributed by atoms with Gasteiger partial charge in [0, 0.05) is 13.1 Å². The van der Waals surface area contributed by atoms with Gasteiger partial charge in [0.15, 0.2) is 0 Å². The maximum absolute atomic E-state index is 13.3. The van der Waals surface area contributed by atoms with Gasteiger partial charge in [-0.15, -0.1) is 0 Å². The Morgan fingerprint density at radius 2 is 1.76 bits per heavy atom. The van der Waals surface area contributed by atoms with Gasteiger partial charge >= 0.3 is 0 Å². The van der Waals surface area contributed by atoms with Crippen molar-refractivity contribution in [2.24, 2.45) is 0 Å². The quantitative estimate of drug-likeness (QED) is 0.354. The van der Waals surface area contributed by atoms with Crippen molar-refractivity contribution >= 4 is 17.4 Å². The highest BCUT2D eigenvalue weighted by Gasteiger charge is 2.46. The van der Waals surface area contributed by atoms with Crippen LogP contribution in [-0.2, 0) is 9.59 Å². The number of amides is 1. The van der Waals surface area contributed by atoms with E-state index in [1.165, 1.54) is 14.2 Å². The predicted octanol–water partition coefficient (Wildman–Crippen LogP) is 3.78. The summed E-state index contributed by atoms with van der Waals surface area (Å²) in [6.07, 6.45) is 0.